The van der Waals surface area contributed by atoms with Gasteiger partial charge in [0.1, 0.15) is 5.75 Å². The zero-order chi connectivity index (χ0) is 9.84. The van der Waals surface area contributed by atoms with Gasteiger partial charge in [-0.2, -0.15) is 4.99 Å². The Kier molecular flexibility index (Phi) is 3.07. The van der Waals surface area contributed by atoms with Crippen LogP contribution >= 0.6 is 11.6 Å². The van der Waals surface area contributed by atoms with Gasteiger partial charge in [-0.25, -0.2) is 4.79 Å². The Balaban J connectivity index is 3.27. The van der Waals surface area contributed by atoms with Gasteiger partial charge in [0.05, 0.1) is 17.8 Å². The van der Waals surface area contributed by atoms with E-state index in [1.165, 1.54) is 13.2 Å². The third-order valence-corrected chi connectivity index (χ3v) is 1.87. The third kappa shape index (κ3) is 2.08. The van der Waals surface area contributed by atoms with Gasteiger partial charge < -0.3 is 4.74 Å². The summed E-state index contributed by atoms with van der Waals surface area (Å²) in [5, 5.41) is 0.441. The normalized spacial score (nSPS) is 9.15. The van der Waals surface area contributed by atoms with Gasteiger partial charge in [0.25, 0.3) is 0 Å². The van der Waals surface area contributed by atoms with Crippen LogP contribution in [0.4, 0.5) is 5.69 Å². The maximum atomic E-state index is 9.99. The number of isocyanates is 1. The molecule has 0 N–H and O–H groups in total. The van der Waals surface area contributed by atoms with Crippen LogP contribution in [0, 0.1) is 6.92 Å². The largest absolute Gasteiger partial charge is 0.495 e. The van der Waals surface area contributed by atoms with Gasteiger partial charge in [0, 0.05) is 0 Å². The summed E-state index contributed by atoms with van der Waals surface area (Å²) in [6, 6.07) is 3.26. The summed E-state index contributed by atoms with van der Waals surface area (Å²) < 4.78 is 5.04. The van der Waals surface area contributed by atoms with Crippen molar-refractivity contribution in [2.75, 3.05) is 7.11 Å². The predicted molar refractivity (Wildman–Crippen MR) is 50.5 cm³/mol. The highest BCUT2D eigenvalue weighted by molar-refractivity contribution is 6.32. The highest BCUT2D eigenvalue weighted by atomic mass is 35.5. The molecule has 0 aromatic heterocycles. The van der Waals surface area contributed by atoms with Crippen LogP contribution in [0.1, 0.15) is 5.56 Å². The molecule has 0 radical (unpaired) electrons. The van der Waals surface area contributed by atoms with Gasteiger partial charge in [0.15, 0.2) is 0 Å². The lowest BCUT2D eigenvalue weighted by molar-refractivity contribution is 0.412. The van der Waals surface area contributed by atoms with Crippen molar-refractivity contribution in [1.82, 2.24) is 0 Å². The maximum absolute atomic E-state index is 9.99. The summed E-state index contributed by atoms with van der Waals surface area (Å²) in [7, 11) is 1.54. The highest BCUT2D eigenvalue weighted by Crippen LogP contribution is 2.32. The number of aliphatic imine (C=N–C) groups is 1. The van der Waals surface area contributed by atoms with Gasteiger partial charge in [-0.15, -0.1) is 0 Å². The molecule has 68 valence electrons. The van der Waals surface area contributed by atoms with Gasteiger partial charge in [-0.05, 0) is 24.6 Å². The molecular formula is C9H8ClNO2. The van der Waals surface area contributed by atoms with Gasteiger partial charge in [-0.3, -0.25) is 0 Å². The molecule has 0 atom stereocenters. The second-order valence-electron chi connectivity index (χ2n) is 2.48. The van der Waals surface area contributed by atoms with E-state index in [-0.39, 0.29) is 0 Å². The van der Waals surface area contributed by atoms with Crippen LogP contribution < -0.4 is 4.74 Å². The third-order valence-electron chi connectivity index (χ3n) is 1.59. The fraction of sp³-hybridized carbons (Fsp3) is 0.222. The van der Waals surface area contributed by atoms with Crippen molar-refractivity contribution in [2.24, 2.45) is 4.99 Å². The summed E-state index contributed by atoms with van der Waals surface area (Å²) in [6.07, 6.45) is 1.45. The van der Waals surface area contributed by atoms with Gasteiger partial charge >= 0.3 is 0 Å². The molecule has 4 heteroatoms. The number of rotatable bonds is 2. The number of carbonyl (C=O) groups excluding carboxylic acids is 1. The van der Waals surface area contributed by atoms with E-state index in [9.17, 15) is 4.79 Å². The molecule has 0 saturated carbocycles. The van der Waals surface area contributed by atoms with Crippen molar-refractivity contribution < 1.29 is 9.53 Å². The molecule has 0 saturated heterocycles. The summed E-state index contributed by atoms with van der Waals surface area (Å²) in [6.45, 7) is 1.83. The number of methoxy groups -OCH3 is 1. The minimum Gasteiger partial charge on any atom is -0.495 e. The van der Waals surface area contributed by atoms with Crippen molar-refractivity contribution in [1.29, 1.82) is 0 Å². The average molecular weight is 198 g/mol. The van der Waals surface area contributed by atoms with E-state index in [1.807, 2.05) is 6.92 Å². The number of halogens is 1. The fourth-order valence-electron chi connectivity index (χ4n) is 1.09. The summed E-state index contributed by atoms with van der Waals surface area (Å²) >= 11 is 5.86. The van der Waals surface area contributed by atoms with E-state index in [1.54, 1.807) is 12.1 Å². The zero-order valence-electron chi connectivity index (χ0n) is 7.30. The van der Waals surface area contributed by atoms with Crippen LogP contribution in [0.2, 0.25) is 5.02 Å². The standard InChI is InChI=1S/C9H8ClNO2/c1-6-3-7(11-5-12)4-8(10)9(6)13-2/h3-4H,1-2H3. The summed E-state index contributed by atoms with van der Waals surface area (Å²) in [5.74, 6) is 0.603. The number of aryl methyl sites for hydroxylation is 1. The quantitative estimate of drug-likeness (QED) is 0.540. The molecule has 0 amide bonds. The predicted octanol–water partition coefficient (Wildman–Crippen LogP) is 2.62. The second kappa shape index (κ2) is 4.08. The second-order valence-corrected chi connectivity index (χ2v) is 2.89. The zero-order valence-corrected chi connectivity index (χ0v) is 8.05. The molecule has 0 aliphatic heterocycles. The molecule has 1 aromatic carbocycles. The first-order valence-electron chi connectivity index (χ1n) is 3.61. The molecule has 13 heavy (non-hydrogen) atoms. The molecule has 0 fully saturated rings. The van der Waals surface area contributed by atoms with Crippen LogP contribution in [0.15, 0.2) is 17.1 Å². The van der Waals surface area contributed by atoms with Crippen LogP contribution in [-0.2, 0) is 4.79 Å². The monoisotopic (exact) mass is 197 g/mol. The Morgan fingerprint density at radius 1 is 1.54 bits per heavy atom. The van der Waals surface area contributed by atoms with Crippen molar-refractivity contribution in [3.05, 3.63) is 22.7 Å². The van der Waals surface area contributed by atoms with Crippen molar-refractivity contribution in [2.45, 2.75) is 6.92 Å². The molecule has 0 aliphatic carbocycles. The first-order chi connectivity index (χ1) is 6.19. The Hall–Kier alpha value is -1.31. The van der Waals surface area contributed by atoms with Gasteiger partial charge in [0.2, 0.25) is 6.08 Å². The van der Waals surface area contributed by atoms with Crippen LogP contribution in [0.3, 0.4) is 0 Å². The maximum Gasteiger partial charge on any atom is 0.240 e. The van der Waals surface area contributed by atoms with E-state index in [0.717, 1.165) is 5.56 Å². The molecule has 0 aliphatic rings. The molecule has 0 bridgehead atoms. The molecule has 1 rings (SSSR count). The Bertz CT molecular complexity index is 347. The molecule has 0 unspecified atom stereocenters. The lowest BCUT2D eigenvalue weighted by atomic mass is 10.2. The number of ether oxygens (including phenoxy) is 1. The Morgan fingerprint density at radius 3 is 2.69 bits per heavy atom. The van der Waals surface area contributed by atoms with Crippen LogP contribution in [0.5, 0.6) is 5.75 Å². The van der Waals surface area contributed by atoms with Gasteiger partial charge in [-0.1, -0.05) is 11.6 Å². The fourth-order valence-corrected chi connectivity index (χ4v) is 1.43. The lowest BCUT2D eigenvalue weighted by Crippen LogP contribution is -1.87. The molecule has 0 heterocycles. The average Bonchev–Trinajstić information content (AvgIpc) is 2.04. The summed E-state index contributed by atoms with van der Waals surface area (Å²) in [5.41, 5.74) is 1.32. The Morgan fingerprint density at radius 2 is 2.23 bits per heavy atom. The van der Waals surface area contributed by atoms with Crippen molar-refractivity contribution in [3.8, 4) is 5.75 Å². The minimum absolute atomic E-state index is 0.441. The van der Waals surface area contributed by atoms with Crippen LogP contribution in [0.25, 0.3) is 0 Å². The number of hydrogen-bond acceptors (Lipinski definition) is 3. The smallest absolute Gasteiger partial charge is 0.240 e. The number of benzene rings is 1. The van der Waals surface area contributed by atoms with E-state index in [4.69, 9.17) is 16.3 Å². The molecular weight excluding hydrogens is 190 g/mol. The topological polar surface area (TPSA) is 38.7 Å². The van der Waals surface area contributed by atoms with Crippen molar-refractivity contribution >= 4 is 23.4 Å². The molecule has 0 spiro atoms. The van der Waals surface area contributed by atoms with E-state index in [0.29, 0.717) is 16.5 Å². The molecule has 1 aromatic rings. The molecule has 3 nitrogen and oxygen atoms in total. The van der Waals surface area contributed by atoms with E-state index < -0.39 is 0 Å². The van der Waals surface area contributed by atoms with Crippen LogP contribution in [-0.4, -0.2) is 13.2 Å². The summed E-state index contributed by atoms with van der Waals surface area (Å²) in [4.78, 5) is 13.4. The van der Waals surface area contributed by atoms with E-state index in [2.05, 4.69) is 4.99 Å². The van der Waals surface area contributed by atoms with Crippen molar-refractivity contribution in [3.63, 3.8) is 0 Å². The Labute approximate surface area is 81.0 Å². The first kappa shape index (κ1) is 9.78. The van der Waals surface area contributed by atoms with E-state index >= 15 is 0 Å². The number of hydrogen-bond donors (Lipinski definition) is 0. The SMILES string of the molecule is COc1c(C)cc(N=C=O)cc1Cl. The first-order valence-corrected chi connectivity index (χ1v) is 3.99. The minimum atomic E-state index is 0.441. The lowest BCUT2D eigenvalue weighted by Gasteiger charge is -2.06. The number of nitrogens with zero attached hydrogens (tertiary/aromatic N) is 1. The highest BCUT2D eigenvalue weighted by Gasteiger charge is 2.05.